The largest absolute Gasteiger partial charge is 0.469 e. The number of methoxy groups -OCH3 is 1. The topological polar surface area (TPSA) is 72.5 Å². The van der Waals surface area contributed by atoms with Crippen LogP contribution in [-0.4, -0.2) is 73.3 Å². The third kappa shape index (κ3) is 15.6. The predicted octanol–water partition coefficient (Wildman–Crippen LogP) is 4.63. The Bertz CT molecular complexity index is 496. The molecular formula is C19H44O7Si4. The molecule has 0 aromatic carbocycles. The maximum atomic E-state index is 11.8. The van der Waals surface area contributed by atoms with Crippen LogP contribution in [0.25, 0.3) is 0 Å². The highest BCUT2D eigenvalue weighted by molar-refractivity contribution is 6.90. The molecule has 178 valence electrons. The van der Waals surface area contributed by atoms with Gasteiger partial charge >= 0.3 is 14.8 Å². The summed E-state index contributed by atoms with van der Waals surface area (Å²) in [5, 5.41) is 0. The molecule has 0 fully saturated rings. The number of rotatable bonds is 16. The lowest BCUT2D eigenvalue weighted by atomic mass is 10.3. The van der Waals surface area contributed by atoms with Crippen LogP contribution in [0.2, 0.25) is 65.0 Å². The highest BCUT2D eigenvalue weighted by Gasteiger charge is 2.49. The number of ether oxygens (including phenoxy) is 3. The predicted molar refractivity (Wildman–Crippen MR) is 131 cm³/mol. The van der Waals surface area contributed by atoms with Crippen molar-refractivity contribution in [2.45, 2.75) is 71.4 Å². The van der Waals surface area contributed by atoms with Gasteiger partial charge in [0.2, 0.25) is 0 Å². The van der Waals surface area contributed by atoms with E-state index in [1.807, 2.05) is 0 Å². The van der Waals surface area contributed by atoms with Gasteiger partial charge in [0.05, 0.1) is 18.8 Å². The molecular weight excluding hydrogens is 453 g/mol. The number of esters is 1. The first-order chi connectivity index (χ1) is 13.5. The second kappa shape index (κ2) is 12.8. The molecule has 0 unspecified atom stereocenters. The first-order valence-corrected chi connectivity index (χ1v) is 22.7. The molecule has 0 N–H and O–H groups in total. The summed E-state index contributed by atoms with van der Waals surface area (Å²) in [6, 6.07) is 0.705. The van der Waals surface area contributed by atoms with E-state index in [1.165, 1.54) is 0 Å². The van der Waals surface area contributed by atoms with Crippen molar-refractivity contribution < 1.29 is 31.4 Å². The van der Waals surface area contributed by atoms with Gasteiger partial charge < -0.3 is 26.6 Å². The van der Waals surface area contributed by atoms with Crippen LogP contribution in [0.1, 0.15) is 6.42 Å². The maximum Gasteiger partial charge on any atom is 0.469 e. The minimum atomic E-state index is -2.85. The zero-order chi connectivity index (χ0) is 23.6. The van der Waals surface area contributed by atoms with Gasteiger partial charge in [0.25, 0.3) is 0 Å². The molecule has 0 heterocycles. The molecule has 0 aromatic heterocycles. The molecule has 11 heteroatoms. The molecule has 0 atom stereocenters. The standard InChI is InChI=1S/C19H44O7Si4/c1-18(19(20)23-15-14-21-2)17-22-13-12-16-30(24-27(3,4)5,25-28(6,7)8)26-29(9,10)11/h1,12-17H2,2-11H3. The molecule has 0 aliphatic rings. The van der Waals surface area contributed by atoms with Crippen LogP contribution >= 0.6 is 0 Å². The summed E-state index contributed by atoms with van der Waals surface area (Å²) in [6.07, 6.45) is 0.734. The van der Waals surface area contributed by atoms with Gasteiger partial charge in [0, 0.05) is 19.8 Å². The fraction of sp³-hybridized carbons (Fsp3) is 0.842. The van der Waals surface area contributed by atoms with E-state index in [2.05, 4.69) is 65.5 Å². The van der Waals surface area contributed by atoms with Gasteiger partial charge in [0.15, 0.2) is 25.0 Å². The third-order valence-corrected chi connectivity index (χ3v) is 15.3. The van der Waals surface area contributed by atoms with Crippen molar-refractivity contribution in [1.29, 1.82) is 0 Å². The minimum absolute atomic E-state index is 0.138. The first kappa shape index (κ1) is 29.9. The van der Waals surface area contributed by atoms with Crippen LogP contribution in [0.4, 0.5) is 0 Å². The van der Waals surface area contributed by atoms with Crippen LogP contribution in [0.3, 0.4) is 0 Å². The van der Waals surface area contributed by atoms with E-state index in [-0.39, 0.29) is 13.2 Å². The highest BCUT2D eigenvalue weighted by atomic mass is 28.5. The van der Waals surface area contributed by atoms with Crippen LogP contribution in [0.5, 0.6) is 0 Å². The molecule has 0 radical (unpaired) electrons. The summed E-state index contributed by atoms with van der Waals surface area (Å²) in [6.45, 7) is 24.5. The second-order valence-corrected chi connectivity index (χ2v) is 27.2. The van der Waals surface area contributed by atoms with E-state index in [1.54, 1.807) is 7.11 Å². The van der Waals surface area contributed by atoms with Crippen molar-refractivity contribution in [2.75, 3.05) is 33.5 Å². The van der Waals surface area contributed by atoms with E-state index in [4.69, 9.17) is 26.6 Å². The molecule has 0 saturated heterocycles. The van der Waals surface area contributed by atoms with Crippen LogP contribution in [0, 0.1) is 0 Å². The normalized spacial score (nSPS) is 13.4. The van der Waals surface area contributed by atoms with Gasteiger partial charge in [0.1, 0.15) is 6.61 Å². The molecule has 0 aromatic rings. The Morgan fingerprint density at radius 2 is 1.23 bits per heavy atom. The number of hydrogen-bond donors (Lipinski definition) is 0. The summed E-state index contributed by atoms with van der Waals surface area (Å²) in [5.41, 5.74) is 0.296. The fourth-order valence-corrected chi connectivity index (χ4v) is 17.2. The smallest absolute Gasteiger partial charge is 0.460 e. The Labute approximate surface area is 188 Å². The van der Waals surface area contributed by atoms with Crippen molar-refractivity contribution in [3.05, 3.63) is 12.2 Å². The highest BCUT2D eigenvalue weighted by Crippen LogP contribution is 2.29. The Hall–Kier alpha value is -0.122. The third-order valence-electron chi connectivity index (χ3n) is 3.24. The van der Waals surface area contributed by atoms with E-state index >= 15 is 0 Å². The summed E-state index contributed by atoms with van der Waals surface area (Å²) >= 11 is 0. The second-order valence-electron chi connectivity index (χ2n) is 10.2. The quantitative estimate of drug-likeness (QED) is 0.133. The molecule has 30 heavy (non-hydrogen) atoms. The van der Waals surface area contributed by atoms with Gasteiger partial charge in [-0.1, -0.05) is 6.58 Å². The van der Waals surface area contributed by atoms with Crippen molar-refractivity contribution in [2.24, 2.45) is 0 Å². The Balaban J connectivity index is 4.92. The van der Waals surface area contributed by atoms with Gasteiger partial charge in [-0.05, 0) is 65.3 Å². The Morgan fingerprint density at radius 1 is 0.767 bits per heavy atom. The summed E-state index contributed by atoms with van der Waals surface area (Å²) in [4.78, 5) is 11.8. The SMILES string of the molecule is C=C(COCCC[Si](O[Si](C)(C)C)(O[Si](C)(C)C)O[Si](C)(C)C)C(=O)OCCOC. The number of carbonyl (C=O) groups is 1. The number of carbonyl (C=O) groups excluding carboxylic acids is 1. The summed E-state index contributed by atoms with van der Waals surface area (Å²) < 4.78 is 35.5. The van der Waals surface area contributed by atoms with Crippen LogP contribution in [-0.2, 0) is 31.4 Å². The van der Waals surface area contributed by atoms with Gasteiger partial charge in [-0.25, -0.2) is 4.79 Å². The zero-order valence-corrected chi connectivity index (χ0v) is 24.8. The Kier molecular flexibility index (Phi) is 12.7. The fourth-order valence-electron chi connectivity index (χ4n) is 2.58. The summed E-state index contributed by atoms with van der Waals surface area (Å²) in [5.74, 6) is -0.457. The minimum Gasteiger partial charge on any atom is -0.460 e. The van der Waals surface area contributed by atoms with Crippen LogP contribution < -0.4 is 0 Å². The molecule has 0 rings (SSSR count). The molecule has 0 spiro atoms. The average Bonchev–Trinajstić information content (AvgIpc) is 2.49. The van der Waals surface area contributed by atoms with Crippen LogP contribution in [0.15, 0.2) is 12.2 Å². The van der Waals surface area contributed by atoms with E-state index in [9.17, 15) is 4.79 Å². The monoisotopic (exact) mass is 496 g/mol. The molecule has 7 nitrogen and oxygen atoms in total. The van der Waals surface area contributed by atoms with E-state index in [0.29, 0.717) is 24.8 Å². The van der Waals surface area contributed by atoms with Crippen molar-refractivity contribution >= 4 is 39.7 Å². The lowest BCUT2D eigenvalue weighted by molar-refractivity contribution is -0.140. The lowest BCUT2D eigenvalue weighted by Gasteiger charge is -2.42. The molecule has 0 amide bonds. The van der Waals surface area contributed by atoms with E-state index in [0.717, 1.165) is 6.42 Å². The van der Waals surface area contributed by atoms with E-state index < -0.39 is 39.7 Å². The van der Waals surface area contributed by atoms with Gasteiger partial charge in [-0.3, -0.25) is 0 Å². The van der Waals surface area contributed by atoms with Gasteiger partial charge in [-0.2, -0.15) is 0 Å². The number of hydrogen-bond acceptors (Lipinski definition) is 7. The van der Waals surface area contributed by atoms with Gasteiger partial charge in [-0.15, -0.1) is 0 Å². The molecule has 0 bridgehead atoms. The van der Waals surface area contributed by atoms with Crippen molar-refractivity contribution in [3.8, 4) is 0 Å². The lowest BCUT2D eigenvalue weighted by Crippen LogP contribution is -2.60. The molecule has 0 saturated carbocycles. The summed E-state index contributed by atoms with van der Waals surface area (Å²) in [7, 11) is -6.93. The Morgan fingerprint density at radius 3 is 1.63 bits per heavy atom. The molecule has 0 aliphatic carbocycles. The molecule has 0 aliphatic heterocycles. The first-order valence-electron chi connectivity index (χ1n) is 10.5. The van der Waals surface area contributed by atoms with Crippen molar-refractivity contribution in [3.63, 3.8) is 0 Å². The average molecular weight is 497 g/mol. The maximum absolute atomic E-state index is 11.8. The van der Waals surface area contributed by atoms with Crippen molar-refractivity contribution in [1.82, 2.24) is 0 Å². The zero-order valence-electron chi connectivity index (χ0n) is 20.8.